The summed E-state index contributed by atoms with van der Waals surface area (Å²) < 4.78 is 11.0. The first-order valence-electron chi connectivity index (χ1n) is 3.07. The molecule has 2 N–H and O–H groups in total. The van der Waals surface area contributed by atoms with Gasteiger partial charge in [-0.1, -0.05) is 18.2 Å². The lowest BCUT2D eigenvalue weighted by Crippen LogP contribution is -2.20. The minimum atomic E-state index is -1.62. The maximum atomic E-state index is 11.0. The second kappa shape index (κ2) is 2.75. The topological polar surface area (TPSA) is 43.1 Å². The number of rotatable bonds is 1. The van der Waals surface area contributed by atoms with E-state index in [1.54, 1.807) is 18.7 Å². The Morgan fingerprint density at radius 3 is 2.40 bits per heavy atom. The fraction of sp³-hybridized carbons (Fsp3) is 0.143. The van der Waals surface area contributed by atoms with E-state index >= 15 is 0 Å². The lowest BCUT2D eigenvalue weighted by Gasteiger charge is -1.96. The van der Waals surface area contributed by atoms with Crippen LogP contribution in [-0.2, 0) is 4.46 Å². The van der Waals surface area contributed by atoms with Gasteiger partial charge in [0.2, 0.25) is 0 Å². The quantitative estimate of drug-likeness (QED) is 0.470. The smallest absolute Gasteiger partial charge is 0.310 e. The number of hydrogen-bond donors (Lipinski definition) is 1. The van der Waals surface area contributed by atoms with Gasteiger partial charge in [0.15, 0.2) is 0 Å². The van der Waals surface area contributed by atoms with Gasteiger partial charge in [-0.25, -0.2) is 0 Å². The Morgan fingerprint density at radius 1 is 1.40 bits per heavy atom. The van der Waals surface area contributed by atoms with Crippen molar-refractivity contribution in [1.82, 2.24) is 0 Å². The molecule has 0 heterocycles. The molecule has 0 radical (unpaired) electrons. The lowest BCUT2D eigenvalue weighted by atomic mass is 10.3. The molecule has 0 unspecified atom stereocenters. The van der Waals surface area contributed by atoms with Crippen molar-refractivity contribution in [2.45, 2.75) is 6.55 Å². The molecule has 10 heavy (non-hydrogen) atoms. The number of nitrogen functional groups attached to an aromatic ring is 1. The second-order valence-corrected chi connectivity index (χ2v) is 3.79. The largest absolute Gasteiger partial charge is 0.398 e. The van der Waals surface area contributed by atoms with Crippen LogP contribution in [0.5, 0.6) is 0 Å². The molecule has 1 aromatic rings. The number of nitrogens with two attached hydrogens (primary N) is 1. The summed E-state index contributed by atoms with van der Waals surface area (Å²) in [6.45, 7) is 1.69. The Morgan fingerprint density at radius 2 is 2.00 bits per heavy atom. The van der Waals surface area contributed by atoms with Gasteiger partial charge in [-0.2, -0.15) is 0 Å². The van der Waals surface area contributed by atoms with Gasteiger partial charge in [-0.15, -0.1) is 0 Å². The average Bonchev–Trinajstić information content (AvgIpc) is 1.88. The van der Waals surface area contributed by atoms with Crippen LogP contribution in [0, 0.1) is 0 Å². The van der Waals surface area contributed by atoms with E-state index in [1.807, 2.05) is 12.1 Å². The van der Waals surface area contributed by atoms with Crippen molar-refractivity contribution in [3.8, 4) is 0 Å². The predicted molar refractivity (Wildman–Crippen MR) is 42.8 cm³/mol. The molecule has 2 nitrogen and oxygen atoms in total. The van der Waals surface area contributed by atoms with Crippen LogP contribution in [0.3, 0.4) is 0 Å². The van der Waals surface area contributed by atoms with Crippen LogP contribution < -0.4 is 10.9 Å². The summed E-state index contributed by atoms with van der Waals surface area (Å²) in [6.07, 6.45) is 0. The van der Waals surface area contributed by atoms with Crippen molar-refractivity contribution >= 4 is 19.6 Å². The Labute approximate surface area is 61.3 Å². The zero-order valence-electron chi connectivity index (χ0n) is 5.79. The van der Waals surface area contributed by atoms with Crippen molar-refractivity contribution < 1.29 is 4.46 Å². The summed E-state index contributed by atoms with van der Waals surface area (Å²) in [5.74, 6) is 0. The Kier molecular flexibility index (Phi) is 1.96. The first kappa shape index (κ1) is 7.15. The molecule has 52 valence electrons. The highest BCUT2D eigenvalue weighted by Gasteiger charge is 2.03. The van der Waals surface area contributed by atoms with Gasteiger partial charge < -0.3 is 10.2 Å². The minimum Gasteiger partial charge on any atom is -0.398 e. The van der Waals surface area contributed by atoms with Crippen LogP contribution in [0.2, 0.25) is 6.55 Å². The van der Waals surface area contributed by atoms with E-state index in [9.17, 15) is 4.46 Å². The first-order chi connectivity index (χ1) is 4.72. The second-order valence-electron chi connectivity index (χ2n) is 2.14. The standard InChI is InChI=1S/C7H9NOSi/c1-10(9)7-5-3-2-4-6(7)8/h2-5H,8H2,1H3. The van der Waals surface area contributed by atoms with Crippen molar-refractivity contribution in [1.29, 1.82) is 0 Å². The zero-order chi connectivity index (χ0) is 7.56. The maximum absolute atomic E-state index is 11.0. The summed E-state index contributed by atoms with van der Waals surface area (Å²) in [5.41, 5.74) is 6.18. The summed E-state index contributed by atoms with van der Waals surface area (Å²) >= 11 is 0. The van der Waals surface area contributed by atoms with Crippen molar-refractivity contribution in [2.24, 2.45) is 0 Å². The third-order valence-corrected chi connectivity index (χ3v) is 2.55. The van der Waals surface area contributed by atoms with Crippen LogP contribution in [0.4, 0.5) is 5.69 Å². The lowest BCUT2D eigenvalue weighted by molar-refractivity contribution is 0.572. The van der Waals surface area contributed by atoms with Gasteiger partial charge in [0.1, 0.15) is 0 Å². The van der Waals surface area contributed by atoms with Crippen molar-refractivity contribution in [2.75, 3.05) is 5.73 Å². The fourth-order valence-electron chi connectivity index (χ4n) is 0.818. The molecule has 3 heteroatoms. The van der Waals surface area contributed by atoms with E-state index in [1.165, 1.54) is 0 Å². The fourth-order valence-corrected chi connectivity index (χ4v) is 1.64. The Hall–Kier alpha value is -0.963. The normalized spacial score (nSPS) is 9.30. The first-order valence-corrected chi connectivity index (χ1v) is 4.98. The van der Waals surface area contributed by atoms with Gasteiger partial charge in [-0.05, 0) is 12.6 Å². The molecule has 0 aromatic heterocycles. The van der Waals surface area contributed by atoms with Crippen LogP contribution >= 0.6 is 0 Å². The summed E-state index contributed by atoms with van der Waals surface area (Å²) in [5, 5.41) is 0.785. The number of anilines is 1. The van der Waals surface area contributed by atoms with E-state index in [2.05, 4.69) is 0 Å². The molecule has 0 amide bonds. The number of hydrogen-bond acceptors (Lipinski definition) is 2. The van der Waals surface area contributed by atoms with Crippen LogP contribution in [0.25, 0.3) is 0 Å². The molecule has 0 aliphatic heterocycles. The highest BCUT2D eigenvalue weighted by Crippen LogP contribution is 1.95. The third-order valence-electron chi connectivity index (χ3n) is 1.34. The van der Waals surface area contributed by atoms with E-state index in [-0.39, 0.29) is 0 Å². The summed E-state index contributed by atoms with van der Waals surface area (Å²) in [4.78, 5) is 0. The van der Waals surface area contributed by atoms with Gasteiger partial charge >= 0.3 is 8.68 Å². The monoisotopic (exact) mass is 151 g/mol. The average molecular weight is 151 g/mol. The van der Waals surface area contributed by atoms with Crippen LogP contribution in [0.1, 0.15) is 0 Å². The Balaban J connectivity index is 3.15. The van der Waals surface area contributed by atoms with Gasteiger partial charge in [0.25, 0.3) is 0 Å². The molecule has 0 fully saturated rings. The number of para-hydroxylation sites is 1. The van der Waals surface area contributed by atoms with Gasteiger partial charge in [0, 0.05) is 10.9 Å². The van der Waals surface area contributed by atoms with Crippen molar-refractivity contribution in [3.05, 3.63) is 24.3 Å². The number of benzene rings is 1. The predicted octanol–water partition coefficient (Wildman–Crippen LogP) is 0.528. The third kappa shape index (κ3) is 1.30. The molecule has 0 saturated carbocycles. The highest BCUT2D eigenvalue weighted by atomic mass is 28.3. The molecule has 0 aliphatic rings. The minimum absolute atomic E-state index is 0.633. The van der Waals surface area contributed by atoms with Gasteiger partial charge in [0.05, 0.1) is 0 Å². The maximum Gasteiger partial charge on any atom is 0.310 e. The van der Waals surface area contributed by atoms with E-state index < -0.39 is 8.68 Å². The van der Waals surface area contributed by atoms with E-state index in [0.29, 0.717) is 5.69 Å². The molecule has 1 aromatic carbocycles. The molecular weight excluding hydrogens is 142 g/mol. The molecule has 0 aliphatic carbocycles. The SMILES string of the molecule is C[Si](=O)c1ccccc1N. The Bertz CT molecular complexity index is 260. The zero-order valence-corrected chi connectivity index (χ0v) is 6.79. The van der Waals surface area contributed by atoms with Crippen LogP contribution in [0.15, 0.2) is 24.3 Å². The molecule has 0 atom stereocenters. The van der Waals surface area contributed by atoms with E-state index in [0.717, 1.165) is 5.19 Å². The molecule has 0 bridgehead atoms. The molecule has 1 rings (SSSR count). The van der Waals surface area contributed by atoms with Gasteiger partial charge in [-0.3, -0.25) is 0 Å². The molecule has 0 spiro atoms. The van der Waals surface area contributed by atoms with Crippen molar-refractivity contribution in [3.63, 3.8) is 0 Å². The van der Waals surface area contributed by atoms with Crippen LogP contribution in [-0.4, -0.2) is 8.68 Å². The molecular formula is C7H9NOSi. The highest BCUT2D eigenvalue weighted by molar-refractivity contribution is 6.60. The summed E-state index contributed by atoms with van der Waals surface area (Å²) in [6, 6.07) is 7.25. The summed E-state index contributed by atoms with van der Waals surface area (Å²) in [7, 11) is -1.62. The molecule has 0 saturated heterocycles. The van der Waals surface area contributed by atoms with E-state index in [4.69, 9.17) is 5.73 Å².